The monoisotopic (exact) mass is 335 g/mol. The zero-order valence-electron chi connectivity index (χ0n) is 12.4. The van der Waals surface area contributed by atoms with Crippen LogP contribution in [-0.4, -0.2) is 18.5 Å². The van der Waals surface area contributed by atoms with E-state index in [0.717, 1.165) is 0 Å². The summed E-state index contributed by atoms with van der Waals surface area (Å²) in [5.41, 5.74) is 1.40. The first-order valence-electron chi connectivity index (χ1n) is 7.00. The SMILES string of the molecule is CCOC(=O)c1ccc(NC(=O)Cc2ccc(F)cc2)cc1Cl. The largest absolute Gasteiger partial charge is 0.462 e. The molecule has 4 nitrogen and oxygen atoms in total. The van der Waals surface area contributed by atoms with Crippen LogP contribution in [0, 0.1) is 5.82 Å². The molecule has 1 N–H and O–H groups in total. The molecule has 0 aromatic heterocycles. The molecule has 23 heavy (non-hydrogen) atoms. The molecule has 2 aromatic carbocycles. The second-order valence-corrected chi connectivity index (χ2v) is 5.17. The highest BCUT2D eigenvalue weighted by atomic mass is 35.5. The first-order valence-corrected chi connectivity index (χ1v) is 7.38. The Morgan fingerprint density at radius 2 is 1.87 bits per heavy atom. The topological polar surface area (TPSA) is 55.4 Å². The average molecular weight is 336 g/mol. The smallest absolute Gasteiger partial charge is 0.339 e. The molecule has 0 aliphatic rings. The number of benzene rings is 2. The molecule has 0 fully saturated rings. The van der Waals surface area contributed by atoms with E-state index < -0.39 is 5.97 Å². The Morgan fingerprint density at radius 1 is 1.17 bits per heavy atom. The fourth-order valence-corrected chi connectivity index (χ4v) is 2.22. The van der Waals surface area contributed by atoms with Crippen LogP contribution >= 0.6 is 11.6 Å². The van der Waals surface area contributed by atoms with Gasteiger partial charge in [0.1, 0.15) is 5.82 Å². The number of esters is 1. The molecule has 0 bridgehead atoms. The van der Waals surface area contributed by atoms with Gasteiger partial charge in [0.15, 0.2) is 0 Å². The van der Waals surface area contributed by atoms with E-state index in [1.54, 1.807) is 25.1 Å². The Balaban J connectivity index is 2.02. The molecule has 2 aromatic rings. The maximum atomic E-state index is 12.8. The van der Waals surface area contributed by atoms with Gasteiger partial charge in [-0.05, 0) is 42.8 Å². The van der Waals surface area contributed by atoms with E-state index in [2.05, 4.69) is 5.32 Å². The Hall–Kier alpha value is -2.40. The van der Waals surface area contributed by atoms with Gasteiger partial charge in [-0.15, -0.1) is 0 Å². The Morgan fingerprint density at radius 3 is 2.48 bits per heavy atom. The van der Waals surface area contributed by atoms with Gasteiger partial charge in [0, 0.05) is 5.69 Å². The van der Waals surface area contributed by atoms with Crippen molar-refractivity contribution < 1.29 is 18.7 Å². The molecule has 0 spiro atoms. The first-order chi connectivity index (χ1) is 11.0. The van der Waals surface area contributed by atoms with Crippen molar-refractivity contribution in [1.82, 2.24) is 0 Å². The highest BCUT2D eigenvalue weighted by molar-refractivity contribution is 6.34. The number of anilines is 1. The number of ether oxygens (including phenoxy) is 1. The van der Waals surface area contributed by atoms with E-state index in [1.807, 2.05) is 0 Å². The van der Waals surface area contributed by atoms with E-state index >= 15 is 0 Å². The summed E-state index contributed by atoms with van der Waals surface area (Å²) in [4.78, 5) is 23.6. The van der Waals surface area contributed by atoms with Gasteiger partial charge in [-0.2, -0.15) is 0 Å². The second-order valence-electron chi connectivity index (χ2n) is 4.77. The summed E-state index contributed by atoms with van der Waals surface area (Å²) in [6, 6.07) is 10.2. The number of hydrogen-bond donors (Lipinski definition) is 1. The summed E-state index contributed by atoms with van der Waals surface area (Å²) in [7, 11) is 0. The third-order valence-corrected chi connectivity index (χ3v) is 3.34. The summed E-state index contributed by atoms with van der Waals surface area (Å²) in [6.07, 6.45) is 0.109. The lowest BCUT2D eigenvalue weighted by Crippen LogP contribution is -2.14. The second kappa shape index (κ2) is 7.74. The van der Waals surface area contributed by atoms with Crippen LogP contribution < -0.4 is 5.32 Å². The molecular weight excluding hydrogens is 321 g/mol. The minimum atomic E-state index is -0.512. The fraction of sp³-hybridized carbons (Fsp3) is 0.176. The summed E-state index contributed by atoms with van der Waals surface area (Å²) < 4.78 is 17.7. The standard InChI is InChI=1S/C17H15ClFNO3/c1-2-23-17(22)14-8-7-13(10-15(14)18)20-16(21)9-11-3-5-12(19)6-4-11/h3-8,10H,2,9H2,1H3,(H,20,21). The molecule has 0 aliphatic heterocycles. The van der Waals surface area contributed by atoms with Crippen LogP contribution in [0.3, 0.4) is 0 Å². The van der Waals surface area contributed by atoms with Gasteiger partial charge in [-0.1, -0.05) is 23.7 Å². The molecule has 0 unspecified atom stereocenters. The van der Waals surface area contributed by atoms with Crippen LogP contribution in [-0.2, 0) is 16.0 Å². The van der Waals surface area contributed by atoms with Crippen LogP contribution in [0.4, 0.5) is 10.1 Å². The molecular formula is C17H15ClFNO3. The molecule has 0 saturated heterocycles. The van der Waals surface area contributed by atoms with Gasteiger partial charge in [0.25, 0.3) is 0 Å². The predicted molar refractivity (Wildman–Crippen MR) is 86.1 cm³/mol. The zero-order valence-corrected chi connectivity index (χ0v) is 13.2. The van der Waals surface area contributed by atoms with Gasteiger partial charge in [-0.3, -0.25) is 4.79 Å². The fourth-order valence-electron chi connectivity index (χ4n) is 1.96. The lowest BCUT2D eigenvalue weighted by Gasteiger charge is -2.08. The van der Waals surface area contributed by atoms with Gasteiger partial charge in [-0.25, -0.2) is 9.18 Å². The van der Waals surface area contributed by atoms with Crippen molar-refractivity contribution in [2.24, 2.45) is 0 Å². The van der Waals surface area contributed by atoms with Crippen molar-refractivity contribution in [2.45, 2.75) is 13.3 Å². The summed E-state index contributed by atoms with van der Waals surface area (Å²) in [6.45, 7) is 1.96. The Labute approximate surface area is 138 Å². The number of hydrogen-bond acceptors (Lipinski definition) is 3. The lowest BCUT2D eigenvalue weighted by atomic mass is 10.1. The molecule has 0 radical (unpaired) electrons. The third-order valence-electron chi connectivity index (χ3n) is 3.03. The summed E-state index contributed by atoms with van der Waals surface area (Å²) >= 11 is 6.03. The molecule has 0 aliphatic carbocycles. The van der Waals surface area contributed by atoms with Crippen LogP contribution in [0.2, 0.25) is 5.02 Å². The summed E-state index contributed by atoms with van der Waals surface area (Å²) in [5.74, 6) is -1.13. The van der Waals surface area contributed by atoms with E-state index in [0.29, 0.717) is 11.3 Å². The van der Waals surface area contributed by atoms with E-state index in [4.69, 9.17) is 16.3 Å². The van der Waals surface area contributed by atoms with E-state index in [9.17, 15) is 14.0 Å². The van der Waals surface area contributed by atoms with E-state index in [-0.39, 0.29) is 35.3 Å². The van der Waals surface area contributed by atoms with Crippen molar-refractivity contribution >= 4 is 29.2 Å². The Kier molecular flexibility index (Phi) is 5.71. The minimum absolute atomic E-state index is 0.109. The molecule has 0 atom stereocenters. The summed E-state index contributed by atoms with van der Waals surface area (Å²) in [5, 5.41) is 2.87. The van der Waals surface area contributed by atoms with Crippen molar-refractivity contribution in [2.75, 3.05) is 11.9 Å². The number of nitrogens with one attached hydrogen (secondary N) is 1. The van der Waals surface area contributed by atoms with Crippen molar-refractivity contribution in [3.05, 3.63) is 64.4 Å². The molecule has 1 amide bonds. The third kappa shape index (κ3) is 4.79. The highest BCUT2D eigenvalue weighted by Crippen LogP contribution is 2.22. The van der Waals surface area contributed by atoms with Gasteiger partial charge < -0.3 is 10.1 Å². The van der Waals surface area contributed by atoms with Crippen LogP contribution in [0.1, 0.15) is 22.8 Å². The Bertz CT molecular complexity index is 716. The molecule has 120 valence electrons. The van der Waals surface area contributed by atoms with Crippen LogP contribution in [0.15, 0.2) is 42.5 Å². The maximum absolute atomic E-state index is 12.8. The van der Waals surface area contributed by atoms with Crippen LogP contribution in [0.5, 0.6) is 0 Å². The number of carbonyl (C=O) groups is 2. The molecule has 6 heteroatoms. The highest BCUT2D eigenvalue weighted by Gasteiger charge is 2.12. The van der Waals surface area contributed by atoms with Crippen LogP contribution in [0.25, 0.3) is 0 Å². The quantitative estimate of drug-likeness (QED) is 0.845. The maximum Gasteiger partial charge on any atom is 0.339 e. The molecule has 2 rings (SSSR count). The minimum Gasteiger partial charge on any atom is -0.462 e. The average Bonchev–Trinajstić information content (AvgIpc) is 2.50. The number of amides is 1. The lowest BCUT2D eigenvalue weighted by molar-refractivity contribution is -0.115. The van der Waals surface area contributed by atoms with Gasteiger partial charge in [0.2, 0.25) is 5.91 Å². The predicted octanol–water partition coefficient (Wildman–Crippen LogP) is 3.84. The molecule has 0 saturated carbocycles. The number of halogens is 2. The van der Waals surface area contributed by atoms with Gasteiger partial charge >= 0.3 is 5.97 Å². The normalized spacial score (nSPS) is 10.2. The van der Waals surface area contributed by atoms with Crippen molar-refractivity contribution in [3.63, 3.8) is 0 Å². The van der Waals surface area contributed by atoms with Crippen molar-refractivity contribution in [3.8, 4) is 0 Å². The zero-order chi connectivity index (χ0) is 16.8. The van der Waals surface area contributed by atoms with Crippen molar-refractivity contribution in [1.29, 1.82) is 0 Å². The van der Waals surface area contributed by atoms with Gasteiger partial charge in [0.05, 0.1) is 23.6 Å². The first kappa shape index (κ1) is 17.0. The van der Waals surface area contributed by atoms with E-state index in [1.165, 1.54) is 24.3 Å². The number of rotatable bonds is 5. The molecule has 0 heterocycles. The number of carbonyl (C=O) groups excluding carboxylic acids is 2.